The van der Waals surface area contributed by atoms with E-state index in [9.17, 15) is 0 Å². The Balaban J connectivity index is 1.89. The first-order valence-electron chi connectivity index (χ1n) is 6.14. The molecule has 3 rings (SSSR count). The van der Waals surface area contributed by atoms with Crippen LogP contribution in [0.25, 0.3) is 0 Å². The van der Waals surface area contributed by atoms with Gasteiger partial charge in [-0.1, -0.05) is 29.8 Å². The van der Waals surface area contributed by atoms with Crippen molar-refractivity contribution in [3.8, 4) is 5.75 Å². The summed E-state index contributed by atoms with van der Waals surface area (Å²) in [5.41, 5.74) is 2.84. The quantitative estimate of drug-likeness (QED) is 0.914. The Morgan fingerprint density at radius 2 is 1.95 bits per heavy atom. The summed E-state index contributed by atoms with van der Waals surface area (Å²) < 4.78 is 5.62. The van der Waals surface area contributed by atoms with E-state index < -0.39 is 0 Å². The SMILES string of the molecule is Cc1nc(Cl)c(NC2COc3ccccc32)nc1C. The van der Waals surface area contributed by atoms with Crippen LogP contribution in [0.15, 0.2) is 24.3 Å². The Labute approximate surface area is 116 Å². The maximum absolute atomic E-state index is 6.13. The van der Waals surface area contributed by atoms with Crippen molar-refractivity contribution in [3.63, 3.8) is 0 Å². The van der Waals surface area contributed by atoms with Gasteiger partial charge in [0, 0.05) is 5.56 Å². The fourth-order valence-corrected chi connectivity index (χ4v) is 2.34. The molecule has 19 heavy (non-hydrogen) atoms. The molecule has 98 valence electrons. The van der Waals surface area contributed by atoms with E-state index >= 15 is 0 Å². The second kappa shape index (κ2) is 4.70. The number of nitrogens with one attached hydrogen (secondary N) is 1. The minimum atomic E-state index is 0.0603. The normalized spacial score (nSPS) is 16.9. The fourth-order valence-electron chi connectivity index (χ4n) is 2.11. The predicted octanol–water partition coefficient (Wildman–Crippen LogP) is 3.29. The number of hydrogen-bond donors (Lipinski definition) is 1. The predicted molar refractivity (Wildman–Crippen MR) is 74.8 cm³/mol. The van der Waals surface area contributed by atoms with Crippen molar-refractivity contribution in [1.29, 1.82) is 0 Å². The van der Waals surface area contributed by atoms with Gasteiger partial charge in [-0.15, -0.1) is 0 Å². The molecule has 1 N–H and O–H groups in total. The molecule has 4 nitrogen and oxygen atoms in total. The van der Waals surface area contributed by atoms with Crippen LogP contribution in [-0.2, 0) is 0 Å². The van der Waals surface area contributed by atoms with Crippen LogP contribution in [0.3, 0.4) is 0 Å². The highest BCUT2D eigenvalue weighted by molar-refractivity contribution is 6.31. The van der Waals surface area contributed by atoms with Crippen molar-refractivity contribution < 1.29 is 4.74 Å². The molecule has 1 atom stereocenters. The lowest BCUT2D eigenvalue weighted by Crippen LogP contribution is -2.14. The van der Waals surface area contributed by atoms with E-state index in [4.69, 9.17) is 16.3 Å². The lowest BCUT2D eigenvalue weighted by molar-refractivity contribution is 0.339. The lowest BCUT2D eigenvalue weighted by atomic mass is 10.1. The van der Waals surface area contributed by atoms with Gasteiger partial charge in [-0.25, -0.2) is 9.97 Å². The molecule has 0 bridgehead atoms. The Kier molecular flexibility index (Phi) is 3.03. The highest BCUT2D eigenvalue weighted by Crippen LogP contribution is 2.34. The van der Waals surface area contributed by atoms with Crippen LogP contribution in [0.4, 0.5) is 5.82 Å². The Hall–Kier alpha value is -1.81. The zero-order valence-electron chi connectivity index (χ0n) is 10.8. The van der Waals surface area contributed by atoms with E-state index in [1.165, 1.54) is 0 Å². The van der Waals surface area contributed by atoms with E-state index in [2.05, 4.69) is 15.3 Å². The molecule has 1 unspecified atom stereocenters. The van der Waals surface area contributed by atoms with Gasteiger partial charge >= 0.3 is 0 Å². The zero-order chi connectivity index (χ0) is 13.4. The fraction of sp³-hybridized carbons (Fsp3) is 0.286. The highest BCUT2D eigenvalue weighted by Gasteiger charge is 2.24. The van der Waals surface area contributed by atoms with Crippen molar-refractivity contribution in [2.45, 2.75) is 19.9 Å². The van der Waals surface area contributed by atoms with Crippen molar-refractivity contribution in [1.82, 2.24) is 9.97 Å². The number of ether oxygens (including phenoxy) is 1. The van der Waals surface area contributed by atoms with E-state index in [0.717, 1.165) is 22.7 Å². The minimum Gasteiger partial charge on any atom is -0.491 e. The molecule has 0 amide bonds. The second-order valence-electron chi connectivity index (χ2n) is 4.58. The number of para-hydroxylation sites is 1. The van der Waals surface area contributed by atoms with Gasteiger partial charge in [-0.05, 0) is 19.9 Å². The summed E-state index contributed by atoms with van der Waals surface area (Å²) >= 11 is 6.13. The van der Waals surface area contributed by atoms with E-state index in [1.54, 1.807) is 0 Å². The van der Waals surface area contributed by atoms with Gasteiger partial charge < -0.3 is 10.1 Å². The summed E-state index contributed by atoms with van der Waals surface area (Å²) in [6.45, 7) is 4.39. The highest BCUT2D eigenvalue weighted by atomic mass is 35.5. The Bertz CT molecular complexity index is 630. The molecule has 2 aromatic rings. The summed E-state index contributed by atoms with van der Waals surface area (Å²) in [5, 5.41) is 3.70. The largest absolute Gasteiger partial charge is 0.491 e. The number of anilines is 1. The van der Waals surface area contributed by atoms with Gasteiger partial charge in [0.2, 0.25) is 0 Å². The molecule has 1 aromatic heterocycles. The molecular formula is C14H14ClN3O. The van der Waals surface area contributed by atoms with Crippen molar-refractivity contribution >= 4 is 17.4 Å². The number of nitrogens with zero attached hydrogens (tertiary/aromatic N) is 2. The number of aryl methyl sites for hydroxylation is 2. The number of fused-ring (bicyclic) bond motifs is 1. The standard InChI is InChI=1S/C14H14ClN3O/c1-8-9(2)17-14(13(15)16-8)18-11-7-19-12-6-4-3-5-10(11)12/h3-6,11H,7H2,1-2H3,(H,17,18). The molecule has 0 spiro atoms. The van der Waals surface area contributed by atoms with Crippen molar-refractivity contribution in [3.05, 3.63) is 46.4 Å². The summed E-state index contributed by atoms with van der Waals surface area (Å²) in [6, 6.07) is 8.03. The molecule has 1 aromatic carbocycles. The summed E-state index contributed by atoms with van der Waals surface area (Å²) in [4.78, 5) is 8.72. The number of benzene rings is 1. The molecule has 5 heteroatoms. The average molecular weight is 276 g/mol. The zero-order valence-corrected chi connectivity index (χ0v) is 11.5. The third kappa shape index (κ3) is 2.24. The molecular weight excluding hydrogens is 262 g/mol. The van der Waals surface area contributed by atoms with Gasteiger partial charge in [0.25, 0.3) is 0 Å². The maximum Gasteiger partial charge on any atom is 0.171 e. The molecule has 2 heterocycles. The third-order valence-corrected chi connectivity index (χ3v) is 3.54. The first-order chi connectivity index (χ1) is 9.15. The van der Waals surface area contributed by atoms with Gasteiger partial charge in [0.1, 0.15) is 12.4 Å². The number of aromatic nitrogens is 2. The van der Waals surface area contributed by atoms with Gasteiger partial charge in [0.05, 0.1) is 17.4 Å². The lowest BCUT2D eigenvalue weighted by Gasteiger charge is -2.14. The molecule has 0 aliphatic carbocycles. The van der Waals surface area contributed by atoms with Gasteiger partial charge in [-0.3, -0.25) is 0 Å². The van der Waals surface area contributed by atoms with Gasteiger partial charge in [0.15, 0.2) is 11.0 Å². The Morgan fingerprint density at radius 1 is 1.21 bits per heavy atom. The smallest absolute Gasteiger partial charge is 0.171 e. The topological polar surface area (TPSA) is 47.0 Å². The number of halogens is 1. The molecule has 1 aliphatic heterocycles. The monoisotopic (exact) mass is 275 g/mol. The molecule has 0 radical (unpaired) electrons. The first kappa shape index (κ1) is 12.2. The van der Waals surface area contributed by atoms with Crippen LogP contribution in [-0.4, -0.2) is 16.6 Å². The average Bonchev–Trinajstić information content (AvgIpc) is 2.80. The van der Waals surface area contributed by atoms with Crippen LogP contribution in [0.2, 0.25) is 5.15 Å². The van der Waals surface area contributed by atoms with Crippen LogP contribution >= 0.6 is 11.6 Å². The van der Waals surface area contributed by atoms with E-state index in [1.807, 2.05) is 38.1 Å². The molecule has 0 saturated heterocycles. The molecule has 0 fully saturated rings. The van der Waals surface area contributed by atoms with E-state index in [-0.39, 0.29) is 6.04 Å². The summed E-state index contributed by atoms with van der Waals surface area (Å²) in [5.74, 6) is 1.52. The van der Waals surface area contributed by atoms with Crippen LogP contribution < -0.4 is 10.1 Å². The van der Waals surface area contributed by atoms with Gasteiger partial charge in [-0.2, -0.15) is 0 Å². The van der Waals surface area contributed by atoms with Crippen molar-refractivity contribution in [2.24, 2.45) is 0 Å². The minimum absolute atomic E-state index is 0.0603. The summed E-state index contributed by atoms with van der Waals surface area (Å²) in [6.07, 6.45) is 0. The van der Waals surface area contributed by atoms with Crippen molar-refractivity contribution in [2.75, 3.05) is 11.9 Å². The van der Waals surface area contributed by atoms with Crippen LogP contribution in [0.5, 0.6) is 5.75 Å². The number of hydrogen-bond acceptors (Lipinski definition) is 4. The summed E-state index contributed by atoms with van der Waals surface area (Å²) in [7, 11) is 0. The number of rotatable bonds is 2. The third-order valence-electron chi connectivity index (χ3n) is 3.28. The van der Waals surface area contributed by atoms with Crippen LogP contribution in [0.1, 0.15) is 23.0 Å². The van der Waals surface area contributed by atoms with E-state index in [0.29, 0.717) is 17.6 Å². The maximum atomic E-state index is 6.13. The second-order valence-corrected chi connectivity index (χ2v) is 4.94. The molecule has 0 saturated carbocycles. The molecule has 1 aliphatic rings. The van der Waals surface area contributed by atoms with Crippen LogP contribution in [0, 0.1) is 13.8 Å². The Morgan fingerprint density at radius 3 is 2.79 bits per heavy atom. The first-order valence-corrected chi connectivity index (χ1v) is 6.52.